The van der Waals surface area contributed by atoms with Crippen molar-refractivity contribution in [2.24, 2.45) is 4.99 Å². The molecule has 0 aliphatic rings. The second kappa shape index (κ2) is 13.7. The average Bonchev–Trinajstić information content (AvgIpc) is 3.46. The van der Waals surface area contributed by atoms with Gasteiger partial charge in [-0.15, -0.1) is 29.1 Å². The third-order valence-corrected chi connectivity index (χ3v) is 4.36. The Morgan fingerprint density at radius 3 is 2.81 bits per heavy atom. The number of aryl methyl sites for hydroxylation is 1. The molecular formula is C22H31IN6O3. The smallest absolute Gasteiger partial charge is 0.216 e. The molecule has 0 spiro atoms. The van der Waals surface area contributed by atoms with Gasteiger partial charge in [-0.25, -0.2) is 9.98 Å². The molecule has 32 heavy (non-hydrogen) atoms. The number of benzene rings is 1. The molecule has 0 aliphatic carbocycles. The summed E-state index contributed by atoms with van der Waals surface area (Å²) >= 11 is 0. The van der Waals surface area contributed by atoms with Crippen LogP contribution < -0.4 is 15.4 Å². The Morgan fingerprint density at radius 1 is 1.19 bits per heavy atom. The fourth-order valence-electron chi connectivity index (χ4n) is 2.85. The van der Waals surface area contributed by atoms with E-state index in [4.69, 9.17) is 18.9 Å². The highest BCUT2D eigenvalue weighted by molar-refractivity contribution is 14.0. The van der Waals surface area contributed by atoms with Crippen molar-refractivity contribution in [2.45, 2.75) is 33.9 Å². The molecule has 2 aromatic heterocycles. The van der Waals surface area contributed by atoms with E-state index in [2.05, 4.69) is 31.9 Å². The first-order valence-corrected chi connectivity index (χ1v) is 10.5. The Labute approximate surface area is 205 Å². The molecule has 0 aliphatic heterocycles. The standard InChI is InChI=1S/C22H30N6O3.HI/c1-4-23-22(25-15-20-26-21(28-27-20)18-7-6-10-30-18)24-14-17-9-8-16(3)13-19(17)31-12-11-29-5-2;/h6-10,13H,4-5,11-12,14-15H2,1-3H3,(H2,23,24,25)(H,26,27,28);1H. The van der Waals surface area contributed by atoms with Gasteiger partial charge in [0.1, 0.15) is 18.2 Å². The lowest BCUT2D eigenvalue weighted by atomic mass is 10.1. The van der Waals surface area contributed by atoms with E-state index in [1.807, 2.05) is 39.0 Å². The summed E-state index contributed by atoms with van der Waals surface area (Å²) in [5.74, 6) is 3.35. The number of rotatable bonds is 11. The number of halogens is 1. The monoisotopic (exact) mass is 554 g/mol. The van der Waals surface area contributed by atoms with Crippen molar-refractivity contribution in [2.75, 3.05) is 26.4 Å². The summed E-state index contributed by atoms with van der Waals surface area (Å²) in [7, 11) is 0. The Morgan fingerprint density at radius 2 is 2.06 bits per heavy atom. The van der Waals surface area contributed by atoms with Crippen LogP contribution in [-0.4, -0.2) is 47.5 Å². The minimum Gasteiger partial charge on any atom is -0.491 e. The van der Waals surface area contributed by atoms with Gasteiger partial charge < -0.3 is 24.5 Å². The normalized spacial score (nSPS) is 11.2. The van der Waals surface area contributed by atoms with Crippen molar-refractivity contribution in [3.05, 3.63) is 53.5 Å². The van der Waals surface area contributed by atoms with Crippen LogP contribution in [0.4, 0.5) is 0 Å². The molecule has 0 saturated heterocycles. The molecule has 0 unspecified atom stereocenters. The largest absolute Gasteiger partial charge is 0.491 e. The molecule has 0 radical (unpaired) electrons. The van der Waals surface area contributed by atoms with E-state index in [0.29, 0.717) is 56.3 Å². The van der Waals surface area contributed by atoms with E-state index in [-0.39, 0.29) is 24.0 Å². The van der Waals surface area contributed by atoms with Crippen LogP contribution in [0.5, 0.6) is 5.75 Å². The third kappa shape index (κ3) is 7.83. The van der Waals surface area contributed by atoms with Crippen LogP contribution >= 0.6 is 24.0 Å². The van der Waals surface area contributed by atoms with Crippen molar-refractivity contribution >= 4 is 29.9 Å². The van der Waals surface area contributed by atoms with Gasteiger partial charge in [-0.2, -0.15) is 0 Å². The molecule has 3 aromatic rings. The molecule has 174 valence electrons. The van der Waals surface area contributed by atoms with E-state index < -0.39 is 0 Å². The van der Waals surface area contributed by atoms with E-state index in [9.17, 15) is 0 Å². The Kier molecular flexibility index (Phi) is 11.0. The van der Waals surface area contributed by atoms with Gasteiger partial charge in [0, 0.05) is 18.7 Å². The molecule has 0 saturated carbocycles. The molecule has 3 rings (SSSR count). The summed E-state index contributed by atoms with van der Waals surface area (Å²) in [5, 5.41) is 13.6. The summed E-state index contributed by atoms with van der Waals surface area (Å²) in [6, 6.07) is 9.76. The maximum Gasteiger partial charge on any atom is 0.216 e. The van der Waals surface area contributed by atoms with Gasteiger partial charge >= 0.3 is 0 Å². The second-order valence-corrected chi connectivity index (χ2v) is 6.79. The maximum atomic E-state index is 5.91. The van der Waals surface area contributed by atoms with Crippen LogP contribution in [0, 0.1) is 6.92 Å². The number of hydrogen-bond acceptors (Lipinski definition) is 6. The molecule has 1 aromatic carbocycles. The minimum atomic E-state index is 0. The molecule has 9 nitrogen and oxygen atoms in total. The molecule has 2 heterocycles. The minimum absolute atomic E-state index is 0. The van der Waals surface area contributed by atoms with Gasteiger partial charge in [-0.1, -0.05) is 12.1 Å². The van der Waals surface area contributed by atoms with Crippen molar-refractivity contribution in [3.8, 4) is 17.3 Å². The van der Waals surface area contributed by atoms with E-state index in [1.54, 1.807) is 12.3 Å². The van der Waals surface area contributed by atoms with Crippen LogP contribution in [0.3, 0.4) is 0 Å². The van der Waals surface area contributed by atoms with Gasteiger partial charge in [-0.3, -0.25) is 5.10 Å². The molecule has 0 fully saturated rings. The number of ether oxygens (including phenoxy) is 2. The number of guanidine groups is 1. The number of aromatic amines is 1. The van der Waals surface area contributed by atoms with Gasteiger partial charge in [0.25, 0.3) is 0 Å². The molecule has 0 amide bonds. The van der Waals surface area contributed by atoms with Gasteiger partial charge in [0.15, 0.2) is 11.7 Å². The Hall–Kier alpha value is -2.60. The highest BCUT2D eigenvalue weighted by atomic mass is 127. The van der Waals surface area contributed by atoms with Crippen LogP contribution in [-0.2, 0) is 17.8 Å². The zero-order valence-electron chi connectivity index (χ0n) is 18.7. The summed E-state index contributed by atoms with van der Waals surface area (Å²) in [6.07, 6.45) is 1.60. The summed E-state index contributed by atoms with van der Waals surface area (Å²) in [6.45, 7) is 9.46. The molecule has 10 heteroatoms. The SMILES string of the molecule is CCNC(=NCc1ccc(C)cc1OCCOCC)NCc1nc(-c2ccco2)n[nH]1.I. The van der Waals surface area contributed by atoms with Crippen molar-refractivity contribution in [1.82, 2.24) is 25.8 Å². The lowest BCUT2D eigenvalue weighted by Gasteiger charge is -2.13. The summed E-state index contributed by atoms with van der Waals surface area (Å²) in [4.78, 5) is 9.13. The third-order valence-electron chi connectivity index (χ3n) is 4.36. The average molecular weight is 554 g/mol. The zero-order chi connectivity index (χ0) is 21.9. The quantitative estimate of drug-likeness (QED) is 0.144. The maximum absolute atomic E-state index is 5.91. The molecular weight excluding hydrogens is 523 g/mol. The number of furan rings is 1. The molecule has 0 bridgehead atoms. The highest BCUT2D eigenvalue weighted by Gasteiger charge is 2.09. The van der Waals surface area contributed by atoms with Crippen LogP contribution in [0.2, 0.25) is 0 Å². The number of aromatic nitrogens is 3. The number of nitrogens with zero attached hydrogens (tertiary/aromatic N) is 3. The van der Waals surface area contributed by atoms with Gasteiger partial charge in [0.2, 0.25) is 5.82 Å². The fourth-order valence-corrected chi connectivity index (χ4v) is 2.85. The topological polar surface area (TPSA) is 110 Å². The highest BCUT2D eigenvalue weighted by Crippen LogP contribution is 2.21. The lowest BCUT2D eigenvalue weighted by Crippen LogP contribution is -2.37. The molecule has 0 atom stereocenters. The zero-order valence-corrected chi connectivity index (χ0v) is 21.0. The van der Waals surface area contributed by atoms with Crippen molar-refractivity contribution < 1.29 is 13.9 Å². The molecule has 3 N–H and O–H groups in total. The van der Waals surface area contributed by atoms with Crippen LogP contribution in [0.15, 0.2) is 46.0 Å². The predicted octanol–water partition coefficient (Wildman–Crippen LogP) is 3.66. The fraction of sp³-hybridized carbons (Fsp3) is 0.409. The lowest BCUT2D eigenvalue weighted by molar-refractivity contribution is 0.110. The van der Waals surface area contributed by atoms with E-state index >= 15 is 0 Å². The van der Waals surface area contributed by atoms with Gasteiger partial charge in [0.05, 0.1) is 26.0 Å². The first kappa shape index (κ1) is 25.7. The van der Waals surface area contributed by atoms with Crippen molar-refractivity contribution in [3.63, 3.8) is 0 Å². The van der Waals surface area contributed by atoms with Crippen LogP contribution in [0.1, 0.15) is 30.8 Å². The second-order valence-electron chi connectivity index (χ2n) is 6.79. The van der Waals surface area contributed by atoms with Gasteiger partial charge in [-0.05, 0) is 44.5 Å². The first-order chi connectivity index (χ1) is 15.2. The summed E-state index contributed by atoms with van der Waals surface area (Å²) < 4.78 is 16.6. The number of nitrogens with one attached hydrogen (secondary N) is 3. The van der Waals surface area contributed by atoms with Crippen LogP contribution in [0.25, 0.3) is 11.6 Å². The summed E-state index contributed by atoms with van der Waals surface area (Å²) in [5.41, 5.74) is 2.15. The van der Waals surface area contributed by atoms with Crippen molar-refractivity contribution in [1.29, 1.82) is 0 Å². The van der Waals surface area contributed by atoms with E-state index in [1.165, 1.54) is 0 Å². The predicted molar refractivity (Wildman–Crippen MR) is 134 cm³/mol. The Balaban J connectivity index is 0.00000363. The first-order valence-electron chi connectivity index (χ1n) is 10.5. The van der Waals surface area contributed by atoms with E-state index in [0.717, 1.165) is 23.4 Å². The number of aliphatic imine (C=N–C) groups is 1. The number of hydrogen-bond donors (Lipinski definition) is 3. The Bertz CT molecular complexity index is 958. The number of H-pyrrole nitrogens is 1.